The first-order valence-corrected chi connectivity index (χ1v) is 4.48. The van der Waals surface area contributed by atoms with Crippen molar-refractivity contribution in [3.63, 3.8) is 0 Å². The Hall–Kier alpha value is -1.64. The van der Waals surface area contributed by atoms with Gasteiger partial charge in [-0.15, -0.1) is 0 Å². The fourth-order valence-corrected chi connectivity index (χ4v) is 1.56. The molecule has 3 nitrogen and oxygen atoms in total. The van der Waals surface area contributed by atoms with E-state index in [1.54, 1.807) is 12.1 Å². The fourth-order valence-electron chi connectivity index (χ4n) is 1.56. The van der Waals surface area contributed by atoms with Crippen molar-refractivity contribution in [2.24, 2.45) is 0 Å². The lowest BCUT2D eigenvalue weighted by atomic mass is 9.97. The zero-order chi connectivity index (χ0) is 10.1. The van der Waals surface area contributed by atoms with Crippen LogP contribution in [0.4, 0.5) is 0 Å². The molecule has 14 heavy (non-hydrogen) atoms. The van der Waals surface area contributed by atoms with E-state index < -0.39 is 12.1 Å². The van der Waals surface area contributed by atoms with E-state index in [0.717, 1.165) is 5.56 Å². The first-order chi connectivity index (χ1) is 6.68. The van der Waals surface area contributed by atoms with Crippen molar-refractivity contribution in [3.05, 3.63) is 35.4 Å². The summed E-state index contributed by atoms with van der Waals surface area (Å²) in [6.45, 7) is 1.44. The Morgan fingerprint density at radius 1 is 1.43 bits per heavy atom. The number of hydrogen-bond acceptors (Lipinski definition) is 3. The molecular weight excluding hydrogens is 180 g/mol. The topological polar surface area (TPSA) is 43.4 Å². The Bertz CT molecular complexity index is 395. The highest BCUT2D eigenvalue weighted by atomic mass is 16.5. The summed E-state index contributed by atoms with van der Waals surface area (Å²) in [5.41, 5.74) is 1.47. The first kappa shape index (κ1) is 8.94. The molecular formula is C11H10O3. The maximum absolute atomic E-state index is 11.4. The number of hydrogen-bond donors (Lipinski definition) is 0. The molecule has 1 atom stereocenters. The molecule has 0 amide bonds. The monoisotopic (exact) mass is 190 g/mol. The second-order valence-electron chi connectivity index (χ2n) is 3.37. The van der Waals surface area contributed by atoms with E-state index in [0.29, 0.717) is 12.0 Å². The summed E-state index contributed by atoms with van der Waals surface area (Å²) in [5, 5.41) is 0. The minimum absolute atomic E-state index is 0.104. The van der Waals surface area contributed by atoms with Gasteiger partial charge in [-0.25, -0.2) is 4.79 Å². The number of ether oxygens (including phenoxy) is 1. The van der Waals surface area contributed by atoms with Crippen LogP contribution in [0.15, 0.2) is 24.3 Å². The Morgan fingerprint density at radius 2 is 2.14 bits per heavy atom. The Labute approximate surface area is 81.7 Å². The molecule has 0 aliphatic carbocycles. The van der Waals surface area contributed by atoms with Gasteiger partial charge < -0.3 is 4.74 Å². The Balaban J connectivity index is 2.38. The molecule has 1 aliphatic heterocycles. The third-order valence-corrected chi connectivity index (χ3v) is 2.35. The van der Waals surface area contributed by atoms with E-state index in [2.05, 4.69) is 0 Å². The summed E-state index contributed by atoms with van der Waals surface area (Å²) in [6.07, 6.45) is -0.102. The molecule has 0 N–H and O–H groups in total. The van der Waals surface area contributed by atoms with Crippen molar-refractivity contribution in [1.29, 1.82) is 0 Å². The van der Waals surface area contributed by atoms with Crippen LogP contribution in [-0.2, 0) is 16.0 Å². The van der Waals surface area contributed by atoms with Crippen LogP contribution in [0, 0.1) is 0 Å². The molecule has 0 spiro atoms. The van der Waals surface area contributed by atoms with Gasteiger partial charge >= 0.3 is 5.97 Å². The van der Waals surface area contributed by atoms with Crippen LogP contribution in [0.3, 0.4) is 0 Å². The van der Waals surface area contributed by atoms with Gasteiger partial charge in [0.15, 0.2) is 11.9 Å². The molecule has 0 radical (unpaired) electrons. The highest BCUT2D eigenvalue weighted by molar-refractivity contribution is 5.95. The lowest BCUT2D eigenvalue weighted by Gasteiger charge is -2.22. The number of cyclic esters (lactones) is 1. The van der Waals surface area contributed by atoms with Crippen molar-refractivity contribution in [3.8, 4) is 0 Å². The highest BCUT2D eigenvalue weighted by Crippen LogP contribution is 2.20. The van der Waals surface area contributed by atoms with Crippen molar-refractivity contribution in [1.82, 2.24) is 0 Å². The highest BCUT2D eigenvalue weighted by Gasteiger charge is 2.28. The summed E-state index contributed by atoms with van der Waals surface area (Å²) in [4.78, 5) is 22.5. The van der Waals surface area contributed by atoms with E-state index in [1.807, 2.05) is 12.1 Å². The summed E-state index contributed by atoms with van der Waals surface area (Å²) < 4.78 is 4.99. The average molecular weight is 190 g/mol. The van der Waals surface area contributed by atoms with E-state index in [-0.39, 0.29) is 5.78 Å². The predicted octanol–water partition coefficient (Wildman–Crippen LogP) is 1.36. The lowest BCUT2D eigenvalue weighted by Crippen LogP contribution is -2.32. The predicted molar refractivity (Wildman–Crippen MR) is 50.0 cm³/mol. The smallest absolute Gasteiger partial charge is 0.339 e. The van der Waals surface area contributed by atoms with Crippen LogP contribution >= 0.6 is 0 Å². The van der Waals surface area contributed by atoms with E-state index >= 15 is 0 Å². The molecule has 1 aliphatic rings. The number of ketones is 1. The number of rotatable bonds is 1. The molecule has 0 saturated heterocycles. The van der Waals surface area contributed by atoms with E-state index in [9.17, 15) is 9.59 Å². The van der Waals surface area contributed by atoms with Gasteiger partial charge in [0, 0.05) is 6.42 Å². The SMILES string of the molecule is CC(=O)C1Cc2ccccc2C(=O)O1. The quantitative estimate of drug-likeness (QED) is 0.628. The third-order valence-electron chi connectivity index (χ3n) is 2.35. The Morgan fingerprint density at radius 3 is 2.86 bits per heavy atom. The van der Waals surface area contributed by atoms with Crippen molar-refractivity contribution in [2.45, 2.75) is 19.4 Å². The van der Waals surface area contributed by atoms with Gasteiger partial charge in [0.05, 0.1) is 5.56 Å². The first-order valence-electron chi connectivity index (χ1n) is 4.48. The van der Waals surface area contributed by atoms with Gasteiger partial charge in [-0.3, -0.25) is 4.79 Å². The number of carbonyl (C=O) groups is 2. The van der Waals surface area contributed by atoms with E-state index in [1.165, 1.54) is 6.92 Å². The maximum Gasteiger partial charge on any atom is 0.339 e. The summed E-state index contributed by atoms with van der Waals surface area (Å²) in [5.74, 6) is -0.500. The number of Topliss-reactive ketones (excluding diaryl/α,β-unsaturated/α-hetero) is 1. The molecule has 0 saturated carbocycles. The molecule has 0 fully saturated rings. The summed E-state index contributed by atoms with van der Waals surface area (Å²) in [6, 6.07) is 7.21. The molecule has 0 aromatic heterocycles. The van der Waals surface area contributed by atoms with Gasteiger partial charge in [0.2, 0.25) is 0 Å². The van der Waals surface area contributed by atoms with Gasteiger partial charge in [-0.05, 0) is 18.6 Å². The minimum atomic E-state index is -0.600. The number of esters is 1. The van der Waals surface area contributed by atoms with Crippen LogP contribution in [0.2, 0.25) is 0 Å². The van der Waals surface area contributed by atoms with Gasteiger partial charge in [-0.2, -0.15) is 0 Å². The van der Waals surface area contributed by atoms with Gasteiger partial charge in [-0.1, -0.05) is 18.2 Å². The third kappa shape index (κ3) is 1.41. The van der Waals surface area contributed by atoms with Crippen molar-refractivity contribution in [2.75, 3.05) is 0 Å². The maximum atomic E-state index is 11.4. The summed E-state index contributed by atoms with van der Waals surface area (Å²) >= 11 is 0. The lowest BCUT2D eigenvalue weighted by molar-refractivity contribution is -0.125. The van der Waals surface area contributed by atoms with Crippen LogP contribution in [0.5, 0.6) is 0 Å². The Kier molecular flexibility index (Phi) is 2.08. The second-order valence-corrected chi connectivity index (χ2v) is 3.37. The second kappa shape index (κ2) is 3.25. The normalized spacial score (nSPS) is 19.8. The minimum Gasteiger partial charge on any atom is -0.450 e. The molecule has 1 unspecified atom stereocenters. The molecule has 1 aromatic rings. The van der Waals surface area contributed by atoms with Crippen molar-refractivity contribution >= 4 is 11.8 Å². The number of fused-ring (bicyclic) bond motifs is 1. The zero-order valence-corrected chi connectivity index (χ0v) is 7.82. The molecule has 3 heteroatoms. The molecule has 2 rings (SSSR count). The average Bonchev–Trinajstić information content (AvgIpc) is 2.17. The zero-order valence-electron chi connectivity index (χ0n) is 7.82. The van der Waals surface area contributed by atoms with Crippen LogP contribution in [0.25, 0.3) is 0 Å². The number of benzene rings is 1. The van der Waals surface area contributed by atoms with Crippen LogP contribution in [0.1, 0.15) is 22.8 Å². The van der Waals surface area contributed by atoms with E-state index in [4.69, 9.17) is 4.74 Å². The molecule has 1 aromatic carbocycles. The number of carbonyl (C=O) groups excluding carboxylic acids is 2. The van der Waals surface area contributed by atoms with Crippen LogP contribution < -0.4 is 0 Å². The summed E-state index contributed by atoms with van der Waals surface area (Å²) in [7, 11) is 0. The fraction of sp³-hybridized carbons (Fsp3) is 0.273. The van der Waals surface area contributed by atoms with Crippen LogP contribution in [-0.4, -0.2) is 17.9 Å². The van der Waals surface area contributed by atoms with Gasteiger partial charge in [0.1, 0.15) is 0 Å². The molecule has 1 heterocycles. The molecule has 72 valence electrons. The standard InChI is InChI=1S/C11H10O3/c1-7(12)10-6-8-4-2-3-5-9(8)11(13)14-10/h2-5,10H,6H2,1H3. The van der Waals surface area contributed by atoms with Crippen molar-refractivity contribution < 1.29 is 14.3 Å². The van der Waals surface area contributed by atoms with Gasteiger partial charge in [0.25, 0.3) is 0 Å². The molecule has 0 bridgehead atoms. The largest absolute Gasteiger partial charge is 0.450 e.